The Morgan fingerprint density at radius 1 is 1.21 bits per heavy atom. The zero-order chi connectivity index (χ0) is 14.0. The van der Waals surface area contributed by atoms with Gasteiger partial charge in [0.15, 0.2) is 11.5 Å². The van der Waals surface area contributed by atoms with E-state index in [0.717, 1.165) is 17.1 Å². The molecule has 0 N–H and O–H groups in total. The van der Waals surface area contributed by atoms with Crippen LogP contribution in [0.3, 0.4) is 0 Å². The van der Waals surface area contributed by atoms with Crippen LogP contribution < -0.4 is 9.47 Å². The number of fused-ring (bicyclic) bond motifs is 1. The van der Waals surface area contributed by atoms with Crippen molar-refractivity contribution < 1.29 is 9.47 Å². The van der Waals surface area contributed by atoms with Gasteiger partial charge in [-0.15, -0.1) is 0 Å². The van der Waals surface area contributed by atoms with Gasteiger partial charge in [0, 0.05) is 0 Å². The predicted molar refractivity (Wildman–Crippen MR) is 73.3 cm³/mol. The first-order chi connectivity index (χ1) is 8.95. The molecule has 1 aliphatic rings. The minimum atomic E-state index is -0.479. The first kappa shape index (κ1) is 13.7. The van der Waals surface area contributed by atoms with Crippen LogP contribution in [-0.2, 0) is 0 Å². The fraction of sp³-hybridized carbons (Fsp3) is 0.533. The smallest absolute Gasteiger partial charge is 0.161 e. The van der Waals surface area contributed by atoms with Crippen LogP contribution in [0, 0.1) is 16.7 Å². The number of rotatable bonds is 3. The molecular weight excluding hydrogens is 240 g/mol. The predicted octanol–water partition coefficient (Wildman–Crippen LogP) is 2.61. The summed E-state index contributed by atoms with van der Waals surface area (Å²) in [5.74, 6) is 1.55. The third-order valence-electron chi connectivity index (χ3n) is 3.37. The highest BCUT2D eigenvalue weighted by molar-refractivity contribution is 5.45. The molecule has 4 heteroatoms. The zero-order valence-electron chi connectivity index (χ0n) is 11.9. The lowest BCUT2D eigenvalue weighted by molar-refractivity contribution is 0.166. The van der Waals surface area contributed by atoms with Gasteiger partial charge in [0.25, 0.3) is 0 Å². The van der Waals surface area contributed by atoms with Crippen molar-refractivity contribution in [3.8, 4) is 17.6 Å². The topological polar surface area (TPSA) is 45.5 Å². The molecule has 0 bridgehead atoms. The SMILES string of the molecule is CN(C)C(c1ccc2c(c1)OCCO2)C(C)(C)C#N. The van der Waals surface area contributed by atoms with Gasteiger partial charge in [-0.05, 0) is 45.6 Å². The molecule has 0 fully saturated rings. The van der Waals surface area contributed by atoms with Crippen molar-refractivity contribution in [3.05, 3.63) is 23.8 Å². The number of ether oxygens (including phenoxy) is 2. The van der Waals surface area contributed by atoms with Crippen molar-refractivity contribution in [1.82, 2.24) is 4.90 Å². The van der Waals surface area contributed by atoms with Crippen LogP contribution in [0.15, 0.2) is 18.2 Å². The fourth-order valence-electron chi connectivity index (χ4n) is 2.65. The lowest BCUT2D eigenvalue weighted by Crippen LogP contribution is -2.32. The van der Waals surface area contributed by atoms with Crippen LogP contribution in [0.1, 0.15) is 25.5 Å². The maximum absolute atomic E-state index is 9.38. The summed E-state index contributed by atoms with van der Waals surface area (Å²) < 4.78 is 11.1. The number of hydrogen-bond acceptors (Lipinski definition) is 4. The maximum atomic E-state index is 9.38. The molecule has 1 unspecified atom stereocenters. The highest BCUT2D eigenvalue weighted by Crippen LogP contribution is 2.40. The van der Waals surface area contributed by atoms with E-state index in [0.29, 0.717) is 13.2 Å². The third kappa shape index (κ3) is 2.66. The van der Waals surface area contributed by atoms with Gasteiger partial charge in [0.05, 0.1) is 17.5 Å². The Morgan fingerprint density at radius 3 is 2.42 bits per heavy atom. The van der Waals surface area contributed by atoms with Gasteiger partial charge in [0.2, 0.25) is 0 Å². The van der Waals surface area contributed by atoms with Crippen LogP contribution in [0.5, 0.6) is 11.5 Å². The van der Waals surface area contributed by atoms with Crippen molar-refractivity contribution in [2.24, 2.45) is 5.41 Å². The average Bonchev–Trinajstić information content (AvgIpc) is 2.38. The molecule has 1 heterocycles. The van der Waals surface area contributed by atoms with Gasteiger partial charge in [-0.2, -0.15) is 5.26 Å². The van der Waals surface area contributed by atoms with Crippen molar-refractivity contribution in [3.63, 3.8) is 0 Å². The molecule has 1 aromatic carbocycles. The third-order valence-corrected chi connectivity index (χ3v) is 3.37. The van der Waals surface area contributed by atoms with Crippen LogP contribution in [0.25, 0.3) is 0 Å². The Labute approximate surface area is 114 Å². The number of nitriles is 1. The Morgan fingerprint density at radius 2 is 1.84 bits per heavy atom. The molecule has 1 aliphatic heterocycles. The molecule has 0 saturated carbocycles. The minimum absolute atomic E-state index is 0.00771. The van der Waals surface area contributed by atoms with E-state index in [-0.39, 0.29) is 6.04 Å². The molecule has 1 atom stereocenters. The summed E-state index contributed by atoms with van der Waals surface area (Å²) >= 11 is 0. The molecule has 0 radical (unpaired) electrons. The summed E-state index contributed by atoms with van der Waals surface area (Å²) in [6.45, 7) is 5.07. The van der Waals surface area contributed by atoms with Gasteiger partial charge < -0.3 is 14.4 Å². The molecule has 0 amide bonds. The van der Waals surface area contributed by atoms with Gasteiger partial charge in [0.1, 0.15) is 13.2 Å². The lowest BCUT2D eigenvalue weighted by Gasteiger charge is -2.34. The minimum Gasteiger partial charge on any atom is -0.486 e. The van der Waals surface area contributed by atoms with E-state index < -0.39 is 5.41 Å². The van der Waals surface area contributed by atoms with E-state index in [2.05, 4.69) is 11.0 Å². The van der Waals surface area contributed by atoms with Gasteiger partial charge in [-0.25, -0.2) is 0 Å². The van der Waals surface area contributed by atoms with Gasteiger partial charge >= 0.3 is 0 Å². The van der Waals surface area contributed by atoms with Crippen LogP contribution in [-0.4, -0.2) is 32.2 Å². The second kappa shape index (κ2) is 5.10. The molecular formula is C15H20N2O2. The summed E-state index contributed by atoms with van der Waals surface area (Å²) in [5, 5.41) is 9.38. The van der Waals surface area contributed by atoms with Crippen molar-refractivity contribution in [2.75, 3.05) is 27.3 Å². The first-order valence-electron chi connectivity index (χ1n) is 6.43. The zero-order valence-corrected chi connectivity index (χ0v) is 11.9. The average molecular weight is 260 g/mol. The first-order valence-corrected chi connectivity index (χ1v) is 6.43. The van der Waals surface area contributed by atoms with Gasteiger partial charge in [-0.1, -0.05) is 6.07 Å². The monoisotopic (exact) mass is 260 g/mol. The van der Waals surface area contributed by atoms with Crippen LogP contribution >= 0.6 is 0 Å². The Bertz CT molecular complexity index is 503. The number of benzene rings is 1. The van der Waals surface area contributed by atoms with Crippen molar-refractivity contribution in [2.45, 2.75) is 19.9 Å². The van der Waals surface area contributed by atoms with E-state index in [4.69, 9.17) is 9.47 Å². The molecule has 0 aliphatic carbocycles. The molecule has 0 saturated heterocycles. The van der Waals surface area contributed by atoms with E-state index >= 15 is 0 Å². The number of nitrogens with zero attached hydrogens (tertiary/aromatic N) is 2. The summed E-state index contributed by atoms with van der Waals surface area (Å²) in [6.07, 6.45) is 0. The molecule has 102 valence electrons. The van der Waals surface area contributed by atoms with Gasteiger partial charge in [-0.3, -0.25) is 0 Å². The fourth-order valence-corrected chi connectivity index (χ4v) is 2.65. The maximum Gasteiger partial charge on any atom is 0.161 e. The molecule has 0 aromatic heterocycles. The quantitative estimate of drug-likeness (QED) is 0.838. The van der Waals surface area contributed by atoms with Crippen LogP contribution in [0.2, 0.25) is 0 Å². The number of hydrogen-bond donors (Lipinski definition) is 0. The molecule has 19 heavy (non-hydrogen) atoms. The normalized spacial score (nSPS) is 16.0. The Balaban J connectivity index is 2.41. The summed E-state index contributed by atoms with van der Waals surface area (Å²) in [7, 11) is 3.97. The lowest BCUT2D eigenvalue weighted by atomic mass is 9.81. The van der Waals surface area contributed by atoms with E-state index in [1.54, 1.807) is 0 Å². The molecule has 0 spiro atoms. The standard InChI is InChI=1S/C15H20N2O2/c1-15(2,10-16)14(17(3)4)11-5-6-12-13(9-11)19-8-7-18-12/h5-6,9,14H,7-8H2,1-4H3. The Kier molecular flexibility index (Phi) is 3.68. The molecule has 2 rings (SSSR count). The van der Waals surface area contributed by atoms with Crippen molar-refractivity contribution >= 4 is 0 Å². The molecule has 4 nitrogen and oxygen atoms in total. The van der Waals surface area contributed by atoms with E-state index in [1.807, 2.05) is 46.1 Å². The van der Waals surface area contributed by atoms with E-state index in [1.165, 1.54) is 0 Å². The van der Waals surface area contributed by atoms with Crippen molar-refractivity contribution in [1.29, 1.82) is 5.26 Å². The summed E-state index contributed by atoms with van der Waals surface area (Å²) in [5.41, 5.74) is 0.591. The Hall–Kier alpha value is -1.73. The largest absolute Gasteiger partial charge is 0.486 e. The summed E-state index contributed by atoms with van der Waals surface area (Å²) in [6, 6.07) is 8.32. The highest BCUT2D eigenvalue weighted by Gasteiger charge is 2.33. The molecule has 1 aromatic rings. The van der Waals surface area contributed by atoms with E-state index in [9.17, 15) is 5.26 Å². The summed E-state index contributed by atoms with van der Waals surface area (Å²) in [4.78, 5) is 2.06. The second-order valence-corrected chi connectivity index (χ2v) is 5.60. The second-order valence-electron chi connectivity index (χ2n) is 5.60. The highest BCUT2D eigenvalue weighted by atomic mass is 16.6. The van der Waals surface area contributed by atoms with Crippen LogP contribution in [0.4, 0.5) is 0 Å².